The predicted octanol–water partition coefficient (Wildman–Crippen LogP) is 1.82. The Labute approximate surface area is 173 Å². The van der Waals surface area contributed by atoms with E-state index in [1.54, 1.807) is 62.3 Å². The topological polar surface area (TPSA) is 118 Å². The SMILES string of the molecule is CC(C)(C)O.CC(C)(C)O.CC(C)(C)O.CCCC(=O)CC(=O)[O-].[Zr]. The number of ketones is 1. The number of carbonyl (C=O) groups excluding carboxylic acids is 2. The van der Waals surface area contributed by atoms with Gasteiger partial charge in [0.2, 0.25) is 0 Å². The molecule has 0 heterocycles. The van der Waals surface area contributed by atoms with Crippen LogP contribution in [0.2, 0.25) is 0 Å². The summed E-state index contributed by atoms with van der Waals surface area (Å²) in [5.41, 5.74) is -1.50. The number of carboxylic acids is 1. The van der Waals surface area contributed by atoms with Crippen molar-refractivity contribution in [3.8, 4) is 0 Å². The van der Waals surface area contributed by atoms with Crippen molar-refractivity contribution in [2.75, 3.05) is 0 Å². The number of hydrogen-bond donors (Lipinski definition) is 3. The third-order valence-electron chi connectivity index (χ3n) is 0.870. The zero-order valence-electron chi connectivity index (χ0n) is 17.7. The second-order valence-electron chi connectivity index (χ2n) is 8.35. The summed E-state index contributed by atoms with van der Waals surface area (Å²) in [6, 6.07) is 0. The van der Waals surface area contributed by atoms with Crippen LogP contribution >= 0.6 is 0 Å². The van der Waals surface area contributed by atoms with Crippen molar-refractivity contribution in [2.24, 2.45) is 0 Å². The van der Waals surface area contributed by atoms with E-state index in [0.717, 1.165) is 0 Å². The van der Waals surface area contributed by atoms with Gasteiger partial charge in [0.05, 0.1) is 16.8 Å². The molecule has 0 rings (SSSR count). The number of carbonyl (C=O) groups is 2. The molecule has 0 aromatic rings. The molecular weight excluding hydrogens is 403 g/mol. The molecule has 7 heteroatoms. The second kappa shape index (κ2) is 17.3. The molecule has 0 bridgehead atoms. The van der Waals surface area contributed by atoms with Gasteiger partial charge in [-0.15, -0.1) is 0 Å². The molecule has 0 atom stereocenters. The van der Waals surface area contributed by atoms with Crippen molar-refractivity contribution in [1.29, 1.82) is 0 Å². The predicted molar refractivity (Wildman–Crippen MR) is 95.5 cm³/mol. The largest absolute Gasteiger partial charge is 0.550 e. The van der Waals surface area contributed by atoms with Crippen molar-refractivity contribution in [3.05, 3.63) is 0 Å². The Kier molecular flexibility index (Phi) is 24.9. The van der Waals surface area contributed by atoms with Crippen LogP contribution in [0.15, 0.2) is 0 Å². The molecule has 0 aromatic heterocycles. The van der Waals surface area contributed by atoms with E-state index in [2.05, 4.69) is 0 Å². The van der Waals surface area contributed by atoms with E-state index in [1.165, 1.54) is 0 Å². The number of hydrogen-bond acceptors (Lipinski definition) is 6. The molecule has 0 saturated carbocycles. The van der Waals surface area contributed by atoms with E-state index in [-0.39, 0.29) is 32.0 Å². The van der Waals surface area contributed by atoms with Crippen LogP contribution in [0.1, 0.15) is 88.5 Å². The maximum atomic E-state index is 10.4. The molecular formula is C18H39O6Zr-. The van der Waals surface area contributed by atoms with Crippen LogP contribution in [-0.2, 0) is 35.8 Å². The normalized spacial score (nSPS) is 10.4. The Hall–Kier alpha value is -0.0969. The summed E-state index contributed by atoms with van der Waals surface area (Å²) < 4.78 is 0. The fourth-order valence-corrected chi connectivity index (χ4v) is 0.528. The Bertz CT molecular complexity index is 275. The first kappa shape index (κ1) is 35.9. The fourth-order valence-electron chi connectivity index (χ4n) is 0.528. The van der Waals surface area contributed by atoms with E-state index in [0.29, 0.717) is 12.8 Å². The van der Waals surface area contributed by atoms with Crippen molar-refractivity contribution >= 4 is 11.8 Å². The van der Waals surface area contributed by atoms with Crippen molar-refractivity contribution < 1.29 is 56.2 Å². The monoisotopic (exact) mass is 441 g/mol. The van der Waals surface area contributed by atoms with Crippen LogP contribution in [0.3, 0.4) is 0 Å². The zero-order valence-corrected chi connectivity index (χ0v) is 20.1. The Balaban J connectivity index is -0.0000000733. The maximum Gasteiger partial charge on any atom is 0.138 e. The Morgan fingerprint density at radius 3 is 1.08 bits per heavy atom. The summed E-state index contributed by atoms with van der Waals surface area (Å²) >= 11 is 0. The quantitative estimate of drug-likeness (QED) is 0.572. The Morgan fingerprint density at radius 1 is 0.760 bits per heavy atom. The van der Waals surface area contributed by atoms with Crippen LogP contribution in [0.25, 0.3) is 0 Å². The van der Waals surface area contributed by atoms with E-state index < -0.39 is 29.2 Å². The minimum atomic E-state index is -1.28. The van der Waals surface area contributed by atoms with E-state index in [9.17, 15) is 14.7 Å². The van der Waals surface area contributed by atoms with Crippen LogP contribution in [0, 0.1) is 0 Å². The van der Waals surface area contributed by atoms with Gasteiger partial charge in [0.1, 0.15) is 5.78 Å². The van der Waals surface area contributed by atoms with E-state index in [1.807, 2.05) is 6.92 Å². The third-order valence-corrected chi connectivity index (χ3v) is 0.870. The first-order valence-electron chi connectivity index (χ1n) is 8.05. The second-order valence-corrected chi connectivity index (χ2v) is 8.35. The molecule has 0 aliphatic carbocycles. The van der Waals surface area contributed by atoms with Gasteiger partial charge in [-0.3, -0.25) is 4.79 Å². The van der Waals surface area contributed by atoms with Crippen LogP contribution in [-0.4, -0.2) is 43.9 Å². The average Bonchev–Trinajstić information content (AvgIpc) is 2.06. The molecule has 0 aliphatic heterocycles. The maximum absolute atomic E-state index is 10.4. The van der Waals surface area contributed by atoms with Crippen molar-refractivity contribution in [1.82, 2.24) is 0 Å². The van der Waals surface area contributed by atoms with Gasteiger partial charge in [-0.1, -0.05) is 6.92 Å². The fraction of sp³-hybridized carbons (Fsp3) is 0.889. The van der Waals surface area contributed by atoms with Crippen molar-refractivity contribution in [2.45, 2.75) is 105 Å². The van der Waals surface area contributed by atoms with Gasteiger partial charge >= 0.3 is 0 Å². The number of Topliss-reactive ketones (excluding diaryl/α,β-unsaturated/α-hetero) is 1. The first-order valence-corrected chi connectivity index (χ1v) is 8.05. The molecule has 0 unspecified atom stereocenters. The van der Waals surface area contributed by atoms with E-state index in [4.69, 9.17) is 15.3 Å². The first-order chi connectivity index (χ1) is 10.2. The molecule has 0 spiro atoms. The smallest absolute Gasteiger partial charge is 0.138 e. The molecule has 0 radical (unpaired) electrons. The number of rotatable bonds is 4. The van der Waals surface area contributed by atoms with Crippen molar-refractivity contribution in [3.63, 3.8) is 0 Å². The van der Waals surface area contributed by atoms with Gasteiger partial charge in [-0.05, 0) is 68.7 Å². The van der Waals surface area contributed by atoms with Gasteiger partial charge in [-0.2, -0.15) is 0 Å². The molecule has 0 fully saturated rings. The molecule has 0 saturated heterocycles. The third kappa shape index (κ3) is 241. The van der Waals surface area contributed by atoms with Gasteiger partial charge in [0, 0.05) is 45.0 Å². The van der Waals surface area contributed by atoms with Gasteiger partial charge in [0.25, 0.3) is 0 Å². The molecule has 0 aliphatic rings. The number of carboxylic acid groups (broad SMARTS) is 1. The molecule has 0 amide bonds. The minimum Gasteiger partial charge on any atom is -0.550 e. The average molecular weight is 443 g/mol. The molecule has 6 nitrogen and oxygen atoms in total. The number of aliphatic carboxylic acids is 1. The Morgan fingerprint density at radius 2 is 0.960 bits per heavy atom. The van der Waals surface area contributed by atoms with Crippen LogP contribution in [0.5, 0.6) is 0 Å². The molecule has 0 aromatic carbocycles. The standard InChI is InChI=1S/C6H10O3.3C4H10O.Zr/c1-2-3-5(7)4-6(8)9;3*1-4(2,3)5;/h2-4H2,1H3,(H,8,9);3*5H,1-3H3;/p-1. The molecule has 3 N–H and O–H groups in total. The summed E-state index contributed by atoms with van der Waals surface area (Å²) in [5, 5.41) is 35.3. The van der Waals surface area contributed by atoms with E-state index >= 15 is 0 Å². The minimum absolute atomic E-state index is 0. The van der Waals surface area contributed by atoms with Gasteiger partial charge in [0.15, 0.2) is 0 Å². The van der Waals surface area contributed by atoms with Crippen LogP contribution in [0.4, 0.5) is 0 Å². The molecule has 152 valence electrons. The summed E-state index contributed by atoms with van der Waals surface area (Å²) in [5.74, 6) is -1.54. The summed E-state index contributed by atoms with van der Waals surface area (Å²) in [4.78, 5) is 20.2. The van der Waals surface area contributed by atoms with Gasteiger partial charge < -0.3 is 25.2 Å². The number of aliphatic hydroxyl groups is 3. The summed E-state index contributed by atoms with van der Waals surface area (Å²) in [7, 11) is 0. The molecule has 25 heavy (non-hydrogen) atoms. The van der Waals surface area contributed by atoms with Crippen LogP contribution < -0.4 is 5.11 Å². The zero-order chi connectivity index (χ0) is 20.8. The van der Waals surface area contributed by atoms with Gasteiger partial charge in [-0.25, -0.2) is 0 Å². The summed E-state index contributed by atoms with van der Waals surface area (Å²) in [6.07, 6.45) is 0.605. The summed E-state index contributed by atoms with van der Waals surface area (Å²) in [6.45, 7) is 17.5.